The molecule has 0 unspecified atom stereocenters. The molecular weight excluding hydrogens is 188 g/mol. The highest BCUT2D eigenvalue weighted by Gasteiger charge is 2.30. The van der Waals surface area contributed by atoms with Crippen molar-refractivity contribution in [2.45, 2.75) is 18.1 Å². The van der Waals surface area contributed by atoms with E-state index < -0.39 is 15.4 Å². The maximum Gasteiger partial charge on any atom is 0.268 e. The summed E-state index contributed by atoms with van der Waals surface area (Å²) in [5, 5.41) is -0.634. The van der Waals surface area contributed by atoms with Crippen LogP contribution in [0.4, 0.5) is 0 Å². The molecule has 0 spiro atoms. The lowest BCUT2D eigenvalue weighted by molar-refractivity contribution is 0.468. The van der Waals surface area contributed by atoms with Gasteiger partial charge in [-0.2, -0.15) is 8.42 Å². The topological polar surface area (TPSA) is 54.4 Å². The molecule has 0 heterocycles. The Hall–Kier alpha value is -0.870. The lowest BCUT2D eigenvalue weighted by Gasteiger charge is -2.02. The van der Waals surface area contributed by atoms with Gasteiger partial charge < -0.3 is 0 Å². The Bertz CT molecular complexity index is 397. The summed E-state index contributed by atoms with van der Waals surface area (Å²) in [4.78, 5) is 0. The van der Waals surface area contributed by atoms with Crippen molar-refractivity contribution in [3.8, 4) is 0 Å². The van der Waals surface area contributed by atoms with Crippen LogP contribution in [0.25, 0.3) is 0 Å². The minimum absolute atomic E-state index is 0.439. The van der Waals surface area contributed by atoms with Crippen LogP contribution in [0.1, 0.15) is 11.1 Å². The molecule has 0 saturated carbocycles. The Balaban J connectivity index is 2.33. The summed E-state index contributed by atoms with van der Waals surface area (Å²) in [6.07, 6.45) is 0.879. The van der Waals surface area contributed by atoms with Crippen molar-refractivity contribution in [2.75, 3.05) is 0 Å². The maximum atomic E-state index is 10.9. The molecule has 0 radical (unpaired) electrons. The highest BCUT2D eigenvalue weighted by Crippen LogP contribution is 2.25. The van der Waals surface area contributed by atoms with E-state index in [1.165, 1.54) is 0 Å². The van der Waals surface area contributed by atoms with Gasteiger partial charge in [0.25, 0.3) is 10.1 Å². The van der Waals surface area contributed by atoms with Gasteiger partial charge in [0, 0.05) is 0 Å². The molecule has 0 aromatic heterocycles. The minimum atomic E-state index is -3.87. The van der Waals surface area contributed by atoms with Crippen LogP contribution in [0.2, 0.25) is 0 Å². The summed E-state index contributed by atoms with van der Waals surface area (Å²) >= 11 is 0. The first-order valence-corrected chi connectivity index (χ1v) is 5.61. The van der Waals surface area contributed by atoms with Crippen LogP contribution in [0.3, 0.4) is 0 Å². The predicted molar refractivity (Wildman–Crippen MR) is 49.2 cm³/mol. The van der Waals surface area contributed by atoms with Crippen molar-refractivity contribution in [1.29, 1.82) is 0 Å². The van der Waals surface area contributed by atoms with Gasteiger partial charge in [-0.3, -0.25) is 4.55 Å². The van der Waals surface area contributed by atoms with Gasteiger partial charge in [-0.15, -0.1) is 0 Å². The smallest absolute Gasteiger partial charge is 0.268 e. The Morgan fingerprint density at radius 1 is 1.15 bits per heavy atom. The molecule has 0 saturated heterocycles. The molecule has 0 aliphatic heterocycles. The molecule has 1 aliphatic rings. The van der Waals surface area contributed by atoms with Crippen LogP contribution in [0, 0.1) is 0 Å². The zero-order valence-electron chi connectivity index (χ0n) is 6.97. The largest absolute Gasteiger partial charge is 0.285 e. The molecule has 3 nitrogen and oxygen atoms in total. The fourth-order valence-electron chi connectivity index (χ4n) is 1.73. The number of hydrogen-bond acceptors (Lipinski definition) is 2. The van der Waals surface area contributed by atoms with Crippen molar-refractivity contribution >= 4 is 10.1 Å². The molecule has 0 bridgehead atoms. The normalized spacial score (nSPS) is 17.3. The summed E-state index contributed by atoms with van der Waals surface area (Å²) in [5.41, 5.74) is 2.07. The van der Waals surface area contributed by atoms with E-state index in [2.05, 4.69) is 0 Å². The fourth-order valence-corrected chi connectivity index (χ4v) is 2.51. The van der Waals surface area contributed by atoms with Gasteiger partial charge in [-0.05, 0) is 24.0 Å². The second-order valence-corrected chi connectivity index (χ2v) is 5.01. The summed E-state index contributed by atoms with van der Waals surface area (Å²) in [7, 11) is -3.87. The van der Waals surface area contributed by atoms with Gasteiger partial charge in [-0.25, -0.2) is 0 Å². The Labute approximate surface area is 77.1 Å². The quantitative estimate of drug-likeness (QED) is 0.686. The van der Waals surface area contributed by atoms with E-state index in [4.69, 9.17) is 4.55 Å². The third-order valence-electron chi connectivity index (χ3n) is 2.43. The van der Waals surface area contributed by atoms with Crippen molar-refractivity contribution in [3.05, 3.63) is 35.4 Å². The molecule has 1 aliphatic carbocycles. The minimum Gasteiger partial charge on any atom is -0.285 e. The molecular formula is C9H10O3S. The van der Waals surface area contributed by atoms with Gasteiger partial charge in [0.2, 0.25) is 0 Å². The summed E-state index contributed by atoms with van der Waals surface area (Å²) < 4.78 is 30.6. The average Bonchev–Trinajstić information content (AvgIpc) is 2.45. The van der Waals surface area contributed by atoms with Crippen LogP contribution in [0.15, 0.2) is 24.3 Å². The van der Waals surface area contributed by atoms with E-state index in [9.17, 15) is 8.42 Å². The van der Waals surface area contributed by atoms with Crippen LogP contribution < -0.4 is 0 Å². The summed E-state index contributed by atoms with van der Waals surface area (Å²) in [6, 6.07) is 7.57. The van der Waals surface area contributed by atoms with Crippen LogP contribution in [0.5, 0.6) is 0 Å². The standard InChI is InChI=1S/C9H10O3S/c10-13(11,12)9-5-7-3-1-2-4-8(7)6-9/h1-4,9H,5-6H2,(H,10,11,12). The predicted octanol–water partition coefficient (Wildman–Crippen LogP) is 1.04. The first-order chi connectivity index (χ1) is 6.07. The van der Waals surface area contributed by atoms with Crippen LogP contribution >= 0.6 is 0 Å². The van der Waals surface area contributed by atoms with E-state index in [0.717, 1.165) is 11.1 Å². The molecule has 2 rings (SSSR count). The van der Waals surface area contributed by atoms with Crippen LogP contribution in [-0.4, -0.2) is 18.2 Å². The molecule has 1 aromatic rings. The highest BCUT2D eigenvalue weighted by atomic mass is 32.2. The Kier molecular flexibility index (Phi) is 1.89. The fraction of sp³-hybridized carbons (Fsp3) is 0.333. The second kappa shape index (κ2) is 2.82. The molecule has 1 aromatic carbocycles. The molecule has 0 amide bonds. The first-order valence-electron chi connectivity index (χ1n) is 4.10. The summed E-state index contributed by atoms with van der Waals surface area (Å²) in [6.45, 7) is 0. The molecule has 4 heteroatoms. The van der Waals surface area contributed by atoms with Crippen LogP contribution in [-0.2, 0) is 23.0 Å². The van der Waals surface area contributed by atoms with E-state index >= 15 is 0 Å². The Morgan fingerprint density at radius 2 is 1.62 bits per heavy atom. The SMILES string of the molecule is O=S(=O)(O)C1Cc2ccccc2C1. The zero-order chi connectivity index (χ0) is 9.47. The monoisotopic (exact) mass is 198 g/mol. The highest BCUT2D eigenvalue weighted by molar-refractivity contribution is 7.86. The van der Waals surface area contributed by atoms with E-state index in [-0.39, 0.29) is 0 Å². The van der Waals surface area contributed by atoms with Crippen molar-refractivity contribution in [3.63, 3.8) is 0 Å². The number of benzene rings is 1. The first kappa shape index (κ1) is 8.72. The average molecular weight is 198 g/mol. The van der Waals surface area contributed by atoms with Crippen molar-refractivity contribution < 1.29 is 13.0 Å². The molecule has 13 heavy (non-hydrogen) atoms. The maximum absolute atomic E-state index is 10.9. The van der Waals surface area contributed by atoms with Gasteiger partial charge in [0.05, 0.1) is 5.25 Å². The number of rotatable bonds is 1. The van der Waals surface area contributed by atoms with Gasteiger partial charge >= 0.3 is 0 Å². The van der Waals surface area contributed by atoms with Gasteiger partial charge in [0.1, 0.15) is 0 Å². The molecule has 0 atom stereocenters. The molecule has 0 fully saturated rings. The molecule has 70 valence electrons. The van der Waals surface area contributed by atoms with E-state index in [1.807, 2.05) is 24.3 Å². The lowest BCUT2D eigenvalue weighted by Crippen LogP contribution is -2.20. The van der Waals surface area contributed by atoms with E-state index in [1.54, 1.807) is 0 Å². The second-order valence-electron chi connectivity index (χ2n) is 3.31. The zero-order valence-corrected chi connectivity index (χ0v) is 7.79. The molecule has 1 N–H and O–H groups in total. The van der Waals surface area contributed by atoms with Gasteiger partial charge in [0.15, 0.2) is 0 Å². The Morgan fingerprint density at radius 3 is 2.00 bits per heavy atom. The third-order valence-corrected chi connectivity index (χ3v) is 3.61. The van der Waals surface area contributed by atoms with Gasteiger partial charge in [-0.1, -0.05) is 24.3 Å². The number of hydrogen-bond donors (Lipinski definition) is 1. The third kappa shape index (κ3) is 1.59. The number of fused-ring (bicyclic) bond motifs is 1. The van der Waals surface area contributed by atoms with E-state index in [0.29, 0.717) is 12.8 Å². The van der Waals surface area contributed by atoms with Crippen molar-refractivity contribution in [1.82, 2.24) is 0 Å². The lowest BCUT2D eigenvalue weighted by atomic mass is 10.1. The summed E-state index contributed by atoms with van der Waals surface area (Å²) in [5.74, 6) is 0. The van der Waals surface area contributed by atoms with Crippen molar-refractivity contribution in [2.24, 2.45) is 0 Å².